The molecule has 2 aromatic carbocycles. The van der Waals surface area contributed by atoms with Gasteiger partial charge in [0, 0.05) is 16.1 Å². The van der Waals surface area contributed by atoms with Gasteiger partial charge in [-0.1, -0.05) is 60.7 Å². The third-order valence-corrected chi connectivity index (χ3v) is 3.63. The predicted molar refractivity (Wildman–Crippen MR) is 86.4 cm³/mol. The molecule has 2 unspecified atom stereocenters. The predicted octanol–water partition coefficient (Wildman–Crippen LogP) is 0.887. The maximum absolute atomic E-state index is 10.3. The molecule has 4 nitrogen and oxygen atoms in total. The van der Waals surface area contributed by atoms with E-state index in [1.54, 1.807) is 60.7 Å². The van der Waals surface area contributed by atoms with Gasteiger partial charge >= 0.3 is 28.5 Å². The van der Waals surface area contributed by atoms with Crippen molar-refractivity contribution in [1.29, 1.82) is 0 Å². The Morgan fingerprint density at radius 1 is 0.810 bits per heavy atom. The second-order valence-corrected chi connectivity index (χ2v) is 6.84. The fourth-order valence-corrected chi connectivity index (χ4v) is 2.08. The van der Waals surface area contributed by atoms with Gasteiger partial charge in [0.05, 0.1) is 0 Å². The van der Waals surface area contributed by atoms with Crippen molar-refractivity contribution in [3.05, 3.63) is 60.7 Å². The van der Waals surface area contributed by atoms with Crippen molar-refractivity contribution in [3.63, 3.8) is 0 Å². The van der Waals surface area contributed by atoms with E-state index in [4.69, 9.17) is 0 Å². The van der Waals surface area contributed by atoms with E-state index in [2.05, 4.69) is 23.2 Å². The minimum absolute atomic E-state index is 0.405. The number of rotatable bonds is 2. The maximum atomic E-state index is 10.3. The first-order valence-electron chi connectivity index (χ1n) is 6.25. The van der Waals surface area contributed by atoms with Crippen LogP contribution in [0.1, 0.15) is 6.92 Å². The third-order valence-electron chi connectivity index (χ3n) is 2.02. The summed E-state index contributed by atoms with van der Waals surface area (Å²) in [6, 6.07) is 16.7. The summed E-state index contributed by atoms with van der Waals surface area (Å²) in [5.74, 6) is 0. The summed E-state index contributed by atoms with van der Waals surface area (Å²) in [5, 5.41) is 1.98. The second-order valence-electron chi connectivity index (χ2n) is 3.72. The fourth-order valence-electron chi connectivity index (χ4n) is 1.15. The number of hydrogen-bond donors (Lipinski definition) is 0. The third kappa shape index (κ3) is 10.7. The summed E-state index contributed by atoms with van der Waals surface area (Å²) < 4.78 is 20.6. The molecule has 0 bridgehead atoms. The molecule has 2 rings (SSSR count). The van der Waals surface area contributed by atoms with E-state index in [1.807, 2.05) is 0 Å². The molecule has 7 heteroatoms. The topological polar surface area (TPSA) is 80.3 Å². The van der Waals surface area contributed by atoms with Crippen molar-refractivity contribution in [2.45, 2.75) is 12.2 Å². The monoisotopic (exact) mass is 338 g/mol. The molecule has 2 aromatic rings. The molecular weight excluding hydrogens is 321 g/mol. The Morgan fingerprint density at radius 2 is 1.05 bits per heavy atom. The zero-order valence-corrected chi connectivity index (χ0v) is 14.8. The molecule has 21 heavy (non-hydrogen) atoms. The van der Waals surface area contributed by atoms with Crippen LogP contribution < -0.4 is 20.4 Å². The van der Waals surface area contributed by atoms with Crippen LogP contribution in [0.25, 0.3) is 0 Å². The van der Waals surface area contributed by atoms with Gasteiger partial charge in [-0.25, -0.2) is 0 Å². The van der Waals surface area contributed by atoms with E-state index in [0.717, 1.165) is 0 Å². The van der Waals surface area contributed by atoms with Crippen LogP contribution in [-0.2, 0) is 9.13 Å². The summed E-state index contributed by atoms with van der Waals surface area (Å²) in [6.07, 6.45) is 0. The Balaban J connectivity index is 0.000000322. The van der Waals surface area contributed by atoms with Gasteiger partial charge in [0.2, 0.25) is 0 Å². The summed E-state index contributed by atoms with van der Waals surface area (Å²) in [4.78, 5) is 20.6. The Labute approximate surface area is 135 Å². The van der Waals surface area contributed by atoms with Gasteiger partial charge < -0.3 is 18.9 Å². The average molecular weight is 338 g/mol. The Morgan fingerprint density at radius 3 is 1.19 bits per heavy atom. The molecule has 0 heterocycles. The van der Waals surface area contributed by atoms with E-state index in [1.165, 1.54) is 5.28 Å². The number of hydrogen-bond acceptors (Lipinski definition) is 4. The van der Waals surface area contributed by atoms with Gasteiger partial charge in [-0.3, -0.25) is 0 Å². The van der Waals surface area contributed by atoms with E-state index in [-0.39, 0.29) is 0 Å². The normalized spacial score (nSPS) is 12.0. The van der Waals surface area contributed by atoms with Crippen LogP contribution in [-0.4, -0.2) is 16.3 Å². The molecule has 0 saturated heterocycles. The molecule has 0 spiro atoms. The van der Waals surface area contributed by atoms with Crippen molar-refractivity contribution in [2.24, 2.45) is 0 Å². The molecule has 0 radical (unpaired) electrons. The summed E-state index contributed by atoms with van der Waals surface area (Å²) in [6.45, 7) is 2.09. The Bertz CT molecular complexity index is 486. The average Bonchev–Trinajstić information content (AvgIpc) is 2.50. The van der Waals surface area contributed by atoms with Crippen LogP contribution in [0, 0.1) is 0 Å². The maximum Gasteiger partial charge on any atom is 0.0306 e. The molecule has 0 saturated carbocycles. The first-order valence-corrected chi connectivity index (χ1v) is 9.70. The van der Waals surface area contributed by atoms with Gasteiger partial charge in [0.15, 0.2) is 0 Å². The molecule has 110 valence electrons. The van der Waals surface area contributed by atoms with E-state index < -0.39 is 16.1 Å². The van der Waals surface area contributed by atoms with Crippen LogP contribution in [0.5, 0.6) is 0 Å². The summed E-state index contributed by atoms with van der Waals surface area (Å²) in [7, 11) is -5.42. The zero-order chi connectivity index (χ0) is 16.1. The number of benzene rings is 2. The van der Waals surface area contributed by atoms with Crippen molar-refractivity contribution in [2.75, 3.05) is 0 Å². The first-order chi connectivity index (χ1) is 10.0. The van der Waals surface area contributed by atoms with E-state index >= 15 is 0 Å². The molecule has 0 amide bonds. The quantitative estimate of drug-likeness (QED) is 0.602. The first kappa shape index (κ1) is 20.4. The van der Waals surface area contributed by atoms with Gasteiger partial charge in [-0.2, -0.15) is 0 Å². The molecule has 0 aliphatic heterocycles. The summed E-state index contributed by atoms with van der Waals surface area (Å²) >= 11 is 2.58. The standard InChI is InChI=1S/2C6H7O2P.C2H5.Al/c2*7-9(8)6-4-2-1-3-5-6;1-2;/h2*1-5,9H,(H,7,8);1H2,2H3;/q;;;+2/p-2. The zero-order valence-electron chi connectivity index (χ0n) is 11.7. The Hall–Kier alpha value is -0.648. The van der Waals surface area contributed by atoms with Crippen molar-refractivity contribution < 1.29 is 18.9 Å². The van der Waals surface area contributed by atoms with Crippen molar-refractivity contribution >= 4 is 43.0 Å². The molecule has 0 aromatic heterocycles. The molecule has 0 aliphatic rings. The van der Waals surface area contributed by atoms with Crippen LogP contribution in [0.2, 0.25) is 5.28 Å². The van der Waals surface area contributed by atoms with Crippen LogP contribution in [0.3, 0.4) is 0 Å². The van der Waals surface area contributed by atoms with Gasteiger partial charge in [-0.05, 0) is 10.6 Å². The van der Waals surface area contributed by atoms with Crippen molar-refractivity contribution in [1.82, 2.24) is 0 Å². The molecule has 2 atom stereocenters. The minimum Gasteiger partial charge on any atom is -0.798 e. The van der Waals surface area contributed by atoms with Gasteiger partial charge in [0.1, 0.15) is 0 Å². The summed E-state index contributed by atoms with van der Waals surface area (Å²) in [5.41, 5.74) is 0. The Kier molecular flexibility index (Phi) is 12.6. The smallest absolute Gasteiger partial charge is 0.0306 e. The molecule has 0 N–H and O–H groups in total. The molecule has 0 aliphatic carbocycles. The largest absolute Gasteiger partial charge is 0.798 e. The van der Waals surface area contributed by atoms with Crippen molar-refractivity contribution in [3.8, 4) is 0 Å². The second kappa shape index (κ2) is 13.0. The molecule has 0 fully saturated rings. The van der Waals surface area contributed by atoms with Crippen LogP contribution in [0.15, 0.2) is 60.7 Å². The van der Waals surface area contributed by atoms with E-state index in [9.17, 15) is 18.9 Å². The van der Waals surface area contributed by atoms with E-state index in [0.29, 0.717) is 10.6 Å². The fraction of sp³-hybridized carbons (Fsp3) is 0.143. The SMILES string of the molecule is C[CH2][Al+2].O=[PH]([O-])c1ccccc1.O=[PH]([O-])c1ccccc1. The van der Waals surface area contributed by atoms with Gasteiger partial charge in [-0.15, -0.1) is 0 Å². The van der Waals surface area contributed by atoms with Gasteiger partial charge in [0.25, 0.3) is 0 Å². The van der Waals surface area contributed by atoms with Crippen LogP contribution in [0.4, 0.5) is 0 Å². The van der Waals surface area contributed by atoms with Crippen LogP contribution >= 0.6 is 16.1 Å². The minimum atomic E-state index is -2.71. The molecular formula is C14H17AlO4P2.